The van der Waals surface area contributed by atoms with Crippen LogP contribution in [0.2, 0.25) is 0 Å². The van der Waals surface area contributed by atoms with Gasteiger partial charge in [-0.05, 0) is 63.8 Å². The lowest BCUT2D eigenvalue weighted by Gasteiger charge is -2.25. The molecule has 1 aromatic carbocycles. The molecule has 1 fully saturated rings. The first-order valence-corrected chi connectivity index (χ1v) is 8.58. The van der Waals surface area contributed by atoms with Crippen molar-refractivity contribution in [1.29, 1.82) is 0 Å². The monoisotopic (exact) mass is 348 g/mol. The van der Waals surface area contributed by atoms with E-state index in [4.69, 9.17) is 14.2 Å². The highest BCUT2D eigenvalue weighted by molar-refractivity contribution is 5.94. The Kier molecular flexibility index (Phi) is 7.13. The summed E-state index contributed by atoms with van der Waals surface area (Å²) in [6.07, 6.45) is 2.40. The molecule has 1 aliphatic carbocycles. The van der Waals surface area contributed by atoms with Crippen molar-refractivity contribution in [3.8, 4) is 5.75 Å². The largest absolute Gasteiger partial charge is 0.438 e. The Balaban J connectivity index is 1.79. The molecule has 6 nitrogen and oxygen atoms in total. The van der Waals surface area contributed by atoms with Crippen molar-refractivity contribution in [1.82, 2.24) is 0 Å². The molecule has 0 spiro atoms. The van der Waals surface area contributed by atoms with Crippen molar-refractivity contribution in [3.63, 3.8) is 0 Å². The molecule has 0 amide bonds. The van der Waals surface area contributed by atoms with Crippen LogP contribution in [-0.2, 0) is 19.1 Å². The Hall–Kier alpha value is -2.21. The van der Waals surface area contributed by atoms with Gasteiger partial charge in [-0.2, -0.15) is 0 Å². The third kappa shape index (κ3) is 5.67. The number of carbonyl (C=O) groups excluding carboxylic acids is 3. The summed E-state index contributed by atoms with van der Waals surface area (Å²) in [6, 6.07) is 6.50. The van der Waals surface area contributed by atoms with Gasteiger partial charge >= 0.3 is 11.9 Å². The number of ketones is 1. The van der Waals surface area contributed by atoms with E-state index in [1.54, 1.807) is 24.3 Å². The topological polar surface area (TPSA) is 78.9 Å². The van der Waals surface area contributed by atoms with E-state index >= 15 is 0 Å². The van der Waals surface area contributed by atoms with Gasteiger partial charge in [-0.3, -0.25) is 14.4 Å². The first-order chi connectivity index (χ1) is 12.0. The second-order valence-electron chi connectivity index (χ2n) is 6.12. The van der Waals surface area contributed by atoms with Gasteiger partial charge < -0.3 is 14.2 Å². The summed E-state index contributed by atoms with van der Waals surface area (Å²) in [5.74, 6) is -0.569. The second-order valence-corrected chi connectivity index (χ2v) is 6.12. The van der Waals surface area contributed by atoms with Crippen molar-refractivity contribution in [3.05, 3.63) is 29.8 Å². The smallest absolute Gasteiger partial charge is 0.314 e. The Morgan fingerprint density at radius 3 is 2.04 bits per heavy atom. The quantitative estimate of drug-likeness (QED) is 0.248. The SMILES string of the molecule is CCOCOC(=O)C1CCC(C(=O)Oc2ccc(C(C)=O)cc2)CC1. The fourth-order valence-corrected chi connectivity index (χ4v) is 2.82. The molecule has 0 bridgehead atoms. The minimum atomic E-state index is -0.295. The van der Waals surface area contributed by atoms with Crippen LogP contribution in [0.1, 0.15) is 49.9 Å². The lowest BCUT2D eigenvalue weighted by Crippen LogP contribution is -2.29. The molecular weight excluding hydrogens is 324 g/mol. The molecule has 0 saturated heterocycles. The summed E-state index contributed by atoms with van der Waals surface area (Å²) < 4.78 is 15.4. The fraction of sp³-hybridized carbons (Fsp3) is 0.526. The molecule has 0 unspecified atom stereocenters. The summed E-state index contributed by atoms with van der Waals surface area (Å²) in [5.41, 5.74) is 0.575. The van der Waals surface area contributed by atoms with Gasteiger partial charge in [0, 0.05) is 12.2 Å². The highest BCUT2D eigenvalue weighted by Crippen LogP contribution is 2.31. The standard InChI is InChI=1S/C19H24O6/c1-3-23-12-24-18(21)15-4-6-16(7-5-15)19(22)25-17-10-8-14(9-11-17)13(2)20/h8-11,15-16H,3-7,12H2,1-2H3. The van der Waals surface area contributed by atoms with Gasteiger partial charge in [0.1, 0.15) is 5.75 Å². The molecule has 25 heavy (non-hydrogen) atoms. The third-order valence-electron chi connectivity index (χ3n) is 4.36. The van der Waals surface area contributed by atoms with E-state index in [1.165, 1.54) is 6.92 Å². The summed E-state index contributed by atoms with van der Waals surface area (Å²) in [4.78, 5) is 35.4. The van der Waals surface area contributed by atoms with Crippen LogP contribution >= 0.6 is 0 Å². The lowest BCUT2D eigenvalue weighted by molar-refractivity contribution is -0.163. The summed E-state index contributed by atoms with van der Waals surface area (Å²) in [5, 5.41) is 0. The number of Topliss-reactive ketones (excluding diaryl/α,β-unsaturated/α-hetero) is 1. The normalized spacial score (nSPS) is 19.9. The molecular formula is C19H24O6. The maximum absolute atomic E-state index is 12.2. The maximum Gasteiger partial charge on any atom is 0.314 e. The molecule has 0 radical (unpaired) electrons. The van der Waals surface area contributed by atoms with Gasteiger partial charge in [-0.25, -0.2) is 0 Å². The van der Waals surface area contributed by atoms with E-state index in [0.29, 0.717) is 43.6 Å². The number of carbonyl (C=O) groups is 3. The summed E-state index contributed by atoms with van der Waals surface area (Å²) in [7, 11) is 0. The van der Waals surface area contributed by atoms with Crippen molar-refractivity contribution in [2.75, 3.05) is 13.4 Å². The Morgan fingerprint density at radius 1 is 0.960 bits per heavy atom. The van der Waals surface area contributed by atoms with Gasteiger partial charge in [0.15, 0.2) is 12.6 Å². The zero-order chi connectivity index (χ0) is 18.2. The van der Waals surface area contributed by atoms with Crippen LogP contribution in [0.5, 0.6) is 5.75 Å². The van der Waals surface area contributed by atoms with Crippen molar-refractivity contribution < 1.29 is 28.6 Å². The number of hydrogen-bond acceptors (Lipinski definition) is 6. The molecule has 0 aliphatic heterocycles. The highest BCUT2D eigenvalue weighted by atomic mass is 16.7. The van der Waals surface area contributed by atoms with Crippen LogP contribution in [0.4, 0.5) is 0 Å². The van der Waals surface area contributed by atoms with E-state index in [-0.39, 0.29) is 36.4 Å². The molecule has 1 aromatic rings. The van der Waals surface area contributed by atoms with E-state index in [2.05, 4.69) is 0 Å². The average Bonchev–Trinajstić information content (AvgIpc) is 2.62. The number of benzene rings is 1. The van der Waals surface area contributed by atoms with Gasteiger partial charge in [0.2, 0.25) is 0 Å². The van der Waals surface area contributed by atoms with E-state index in [1.807, 2.05) is 6.92 Å². The molecule has 0 atom stereocenters. The minimum absolute atomic E-state index is 0.0203. The number of esters is 2. The van der Waals surface area contributed by atoms with E-state index in [9.17, 15) is 14.4 Å². The molecule has 0 N–H and O–H groups in total. The molecule has 2 rings (SSSR count). The number of ether oxygens (including phenoxy) is 3. The van der Waals surface area contributed by atoms with Gasteiger partial charge in [-0.1, -0.05) is 0 Å². The molecule has 0 heterocycles. The number of hydrogen-bond donors (Lipinski definition) is 0. The maximum atomic E-state index is 12.2. The third-order valence-corrected chi connectivity index (χ3v) is 4.36. The fourth-order valence-electron chi connectivity index (χ4n) is 2.82. The average molecular weight is 348 g/mol. The molecule has 1 saturated carbocycles. The van der Waals surface area contributed by atoms with Crippen molar-refractivity contribution in [2.45, 2.75) is 39.5 Å². The zero-order valence-electron chi connectivity index (χ0n) is 14.7. The van der Waals surface area contributed by atoms with E-state index in [0.717, 1.165) is 0 Å². The Bertz CT molecular complexity index is 599. The van der Waals surface area contributed by atoms with Crippen LogP contribution in [0.25, 0.3) is 0 Å². The van der Waals surface area contributed by atoms with E-state index < -0.39 is 0 Å². The highest BCUT2D eigenvalue weighted by Gasteiger charge is 2.31. The predicted molar refractivity (Wildman–Crippen MR) is 90.1 cm³/mol. The second kappa shape index (κ2) is 9.32. The van der Waals surface area contributed by atoms with Crippen LogP contribution in [-0.4, -0.2) is 31.1 Å². The predicted octanol–water partition coefficient (Wildman–Crippen LogP) is 3.14. The molecule has 0 aromatic heterocycles. The molecule has 1 aliphatic rings. The van der Waals surface area contributed by atoms with Crippen LogP contribution < -0.4 is 4.74 Å². The molecule has 6 heteroatoms. The number of rotatable bonds is 7. The van der Waals surface area contributed by atoms with Gasteiger partial charge in [0.05, 0.1) is 11.8 Å². The molecule has 136 valence electrons. The van der Waals surface area contributed by atoms with Crippen LogP contribution in [0.3, 0.4) is 0 Å². The van der Waals surface area contributed by atoms with Gasteiger partial charge in [-0.15, -0.1) is 0 Å². The summed E-state index contributed by atoms with van der Waals surface area (Å²) in [6.45, 7) is 3.80. The lowest BCUT2D eigenvalue weighted by atomic mass is 9.82. The van der Waals surface area contributed by atoms with Gasteiger partial charge in [0.25, 0.3) is 0 Å². The van der Waals surface area contributed by atoms with Crippen LogP contribution in [0, 0.1) is 11.8 Å². The first-order valence-electron chi connectivity index (χ1n) is 8.58. The minimum Gasteiger partial charge on any atom is -0.438 e. The Labute approximate surface area is 147 Å². The van der Waals surface area contributed by atoms with Crippen molar-refractivity contribution in [2.24, 2.45) is 11.8 Å². The Morgan fingerprint density at radius 2 is 1.52 bits per heavy atom. The summed E-state index contributed by atoms with van der Waals surface area (Å²) >= 11 is 0. The zero-order valence-corrected chi connectivity index (χ0v) is 14.7. The first kappa shape index (κ1) is 19.1. The van der Waals surface area contributed by atoms with Crippen molar-refractivity contribution >= 4 is 17.7 Å². The van der Waals surface area contributed by atoms with Crippen LogP contribution in [0.15, 0.2) is 24.3 Å².